The molecule has 0 aromatic carbocycles. The smallest absolute Gasteiger partial charge is 0.0581 e. The Balaban J connectivity index is 2.25. The summed E-state index contributed by atoms with van der Waals surface area (Å²) in [4.78, 5) is 0. The van der Waals surface area contributed by atoms with Crippen molar-refractivity contribution in [1.29, 1.82) is 0 Å². The lowest BCUT2D eigenvalue weighted by atomic mass is 9.97. The molecule has 0 amide bonds. The van der Waals surface area contributed by atoms with Gasteiger partial charge >= 0.3 is 0 Å². The zero-order chi connectivity index (χ0) is 7.40. The van der Waals surface area contributed by atoms with E-state index in [9.17, 15) is 0 Å². The van der Waals surface area contributed by atoms with Gasteiger partial charge in [0.1, 0.15) is 0 Å². The van der Waals surface area contributed by atoms with Crippen molar-refractivity contribution >= 4 is 11.8 Å². The molecule has 0 saturated heterocycles. The van der Waals surface area contributed by atoms with Crippen LogP contribution in [-0.4, -0.2) is 24.7 Å². The van der Waals surface area contributed by atoms with Crippen LogP contribution in [0.2, 0.25) is 0 Å². The third-order valence-corrected chi connectivity index (χ3v) is 3.34. The SMILES string of the molecule is COC1CCCC(SC)C1. The summed E-state index contributed by atoms with van der Waals surface area (Å²) in [6.07, 6.45) is 8.02. The molecule has 0 radical (unpaired) electrons. The lowest BCUT2D eigenvalue weighted by Crippen LogP contribution is -2.22. The molecule has 0 heterocycles. The van der Waals surface area contributed by atoms with E-state index in [1.54, 1.807) is 0 Å². The van der Waals surface area contributed by atoms with Gasteiger partial charge in [0.05, 0.1) is 6.10 Å². The van der Waals surface area contributed by atoms with Crippen molar-refractivity contribution in [3.8, 4) is 0 Å². The quantitative estimate of drug-likeness (QED) is 0.613. The van der Waals surface area contributed by atoms with Crippen molar-refractivity contribution in [2.75, 3.05) is 13.4 Å². The van der Waals surface area contributed by atoms with Crippen LogP contribution in [0.1, 0.15) is 25.7 Å². The third kappa shape index (κ3) is 2.17. The van der Waals surface area contributed by atoms with E-state index in [-0.39, 0.29) is 0 Å². The predicted octanol–water partition coefficient (Wildman–Crippen LogP) is 2.31. The summed E-state index contributed by atoms with van der Waals surface area (Å²) < 4.78 is 5.31. The Morgan fingerprint density at radius 1 is 1.40 bits per heavy atom. The van der Waals surface area contributed by atoms with Gasteiger partial charge in [-0.2, -0.15) is 11.8 Å². The Morgan fingerprint density at radius 3 is 2.80 bits per heavy atom. The van der Waals surface area contributed by atoms with Gasteiger partial charge in [0.15, 0.2) is 0 Å². The van der Waals surface area contributed by atoms with Crippen LogP contribution >= 0.6 is 11.8 Å². The summed E-state index contributed by atoms with van der Waals surface area (Å²) >= 11 is 1.98. The normalized spacial score (nSPS) is 34.2. The van der Waals surface area contributed by atoms with Gasteiger partial charge in [-0.3, -0.25) is 0 Å². The molecule has 10 heavy (non-hydrogen) atoms. The molecule has 2 unspecified atom stereocenters. The zero-order valence-electron chi connectivity index (χ0n) is 6.80. The molecule has 1 nitrogen and oxygen atoms in total. The van der Waals surface area contributed by atoms with Crippen molar-refractivity contribution in [2.24, 2.45) is 0 Å². The van der Waals surface area contributed by atoms with Crippen molar-refractivity contribution in [3.05, 3.63) is 0 Å². The molecule has 0 N–H and O–H groups in total. The minimum absolute atomic E-state index is 0.547. The standard InChI is InChI=1S/C8H16OS/c1-9-7-4-3-5-8(6-7)10-2/h7-8H,3-6H2,1-2H3. The van der Waals surface area contributed by atoms with Crippen molar-refractivity contribution in [1.82, 2.24) is 0 Å². The molecule has 1 aliphatic carbocycles. The maximum atomic E-state index is 5.31. The molecular weight excluding hydrogens is 144 g/mol. The maximum Gasteiger partial charge on any atom is 0.0581 e. The molecule has 1 rings (SSSR count). The Bertz CT molecular complexity index is 85.3. The fourth-order valence-electron chi connectivity index (χ4n) is 1.53. The molecule has 1 aliphatic rings. The van der Waals surface area contributed by atoms with Crippen LogP contribution in [-0.2, 0) is 4.74 Å². The molecular formula is C8H16OS. The van der Waals surface area contributed by atoms with Gasteiger partial charge in [-0.15, -0.1) is 0 Å². The average molecular weight is 160 g/mol. The van der Waals surface area contributed by atoms with Crippen LogP contribution in [0, 0.1) is 0 Å². The van der Waals surface area contributed by atoms with Crippen LogP contribution in [0.5, 0.6) is 0 Å². The number of hydrogen-bond donors (Lipinski definition) is 0. The van der Waals surface area contributed by atoms with Gasteiger partial charge in [-0.05, 0) is 31.9 Å². The van der Waals surface area contributed by atoms with Crippen LogP contribution in [0.4, 0.5) is 0 Å². The Kier molecular flexibility index (Phi) is 3.57. The summed E-state index contributed by atoms with van der Waals surface area (Å²) in [6, 6.07) is 0. The summed E-state index contributed by atoms with van der Waals surface area (Å²) in [6.45, 7) is 0. The van der Waals surface area contributed by atoms with Crippen LogP contribution in [0.15, 0.2) is 0 Å². The van der Waals surface area contributed by atoms with Gasteiger partial charge < -0.3 is 4.74 Å². The lowest BCUT2D eigenvalue weighted by Gasteiger charge is -2.26. The molecule has 1 saturated carbocycles. The highest BCUT2D eigenvalue weighted by molar-refractivity contribution is 7.99. The first-order valence-corrected chi connectivity index (χ1v) is 5.21. The van der Waals surface area contributed by atoms with Crippen LogP contribution in [0.25, 0.3) is 0 Å². The molecule has 0 bridgehead atoms. The van der Waals surface area contributed by atoms with E-state index >= 15 is 0 Å². The van der Waals surface area contributed by atoms with Crippen molar-refractivity contribution in [3.63, 3.8) is 0 Å². The van der Waals surface area contributed by atoms with Crippen molar-refractivity contribution < 1.29 is 4.74 Å². The minimum Gasteiger partial charge on any atom is -0.381 e. The van der Waals surface area contributed by atoms with Gasteiger partial charge in [0, 0.05) is 12.4 Å². The minimum atomic E-state index is 0.547. The van der Waals surface area contributed by atoms with Gasteiger partial charge in [-0.25, -0.2) is 0 Å². The Labute approximate surface area is 67.5 Å². The second-order valence-electron chi connectivity index (χ2n) is 2.88. The molecule has 0 aromatic rings. The summed E-state index contributed by atoms with van der Waals surface area (Å²) in [5.74, 6) is 0. The number of ether oxygens (including phenoxy) is 1. The second kappa shape index (κ2) is 4.24. The highest BCUT2D eigenvalue weighted by atomic mass is 32.2. The lowest BCUT2D eigenvalue weighted by molar-refractivity contribution is 0.0731. The van der Waals surface area contributed by atoms with Gasteiger partial charge in [0.2, 0.25) is 0 Å². The first kappa shape index (κ1) is 8.41. The molecule has 0 aromatic heterocycles. The Hall–Kier alpha value is 0.310. The largest absolute Gasteiger partial charge is 0.381 e. The van der Waals surface area contributed by atoms with E-state index in [2.05, 4.69) is 6.26 Å². The second-order valence-corrected chi connectivity index (χ2v) is 4.02. The number of methoxy groups -OCH3 is 1. The van der Waals surface area contributed by atoms with E-state index in [0.29, 0.717) is 6.10 Å². The van der Waals surface area contributed by atoms with E-state index < -0.39 is 0 Å². The summed E-state index contributed by atoms with van der Waals surface area (Å²) in [5.41, 5.74) is 0. The molecule has 0 aliphatic heterocycles. The number of rotatable bonds is 2. The maximum absolute atomic E-state index is 5.31. The van der Waals surface area contributed by atoms with Crippen LogP contribution in [0.3, 0.4) is 0 Å². The fourth-order valence-corrected chi connectivity index (χ4v) is 2.34. The molecule has 2 heteroatoms. The molecule has 2 atom stereocenters. The molecule has 0 spiro atoms. The van der Waals surface area contributed by atoms with E-state index in [1.165, 1.54) is 25.7 Å². The number of thioether (sulfide) groups is 1. The number of hydrogen-bond acceptors (Lipinski definition) is 2. The van der Waals surface area contributed by atoms with E-state index in [0.717, 1.165) is 5.25 Å². The summed E-state index contributed by atoms with van der Waals surface area (Å²) in [7, 11) is 1.83. The topological polar surface area (TPSA) is 9.23 Å². The van der Waals surface area contributed by atoms with E-state index in [1.807, 2.05) is 18.9 Å². The fraction of sp³-hybridized carbons (Fsp3) is 1.00. The first-order valence-electron chi connectivity index (χ1n) is 3.92. The summed E-state index contributed by atoms with van der Waals surface area (Å²) in [5, 5.41) is 0.860. The zero-order valence-corrected chi connectivity index (χ0v) is 7.62. The van der Waals surface area contributed by atoms with Crippen LogP contribution < -0.4 is 0 Å². The first-order chi connectivity index (χ1) is 4.86. The average Bonchev–Trinajstić information content (AvgIpc) is 2.05. The third-order valence-electron chi connectivity index (χ3n) is 2.24. The van der Waals surface area contributed by atoms with Gasteiger partial charge in [-0.1, -0.05) is 0 Å². The van der Waals surface area contributed by atoms with Crippen molar-refractivity contribution in [2.45, 2.75) is 37.0 Å². The monoisotopic (exact) mass is 160 g/mol. The molecule has 60 valence electrons. The highest BCUT2D eigenvalue weighted by Crippen LogP contribution is 2.27. The molecule has 1 fully saturated rings. The van der Waals surface area contributed by atoms with E-state index in [4.69, 9.17) is 4.74 Å². The predicted molar refractivity (Wildman–Crippen MR) is 46.6 cm³/mol. The Morgan fingerprint density at radius 2 is 2.20 bits per heavy atom. The highest BCUT2D eigenvalue weighted by Gasteiger charge is 2.20. The van der Waals surface area contributed by atoms with Gasteiger partial charge in [0.25, 0.3) is 0 Å².